The number of ether oxygens (including phenoxy) is 3. The molecule has 1 atom stereocenters. The molecule has 0 aromatic rings. The van der Waals surface area contributed by atoms with Crippen LogP contribution in [-0.4, -0.2) is 37.2 Å². The minimum absolute atomic E-state index is 0.0818. The third kappa shape index (κ3) is 61.3. The Morgan fingerprint density at radius 3 is 0.867 bits per heavy atom. The molecule has 0 rings (SSSR count). The molecular formula is C69H120O6. The Labute approximate surface area is 465 Å². The highest BCUT2D eigenvalue weighted by atomic mass is 16.6. The van der Waals surface area contributed by atoms with Crippen LogP contribution < -0.4 is 0 Å². The number of hydrogen-bond acceptors (Lipinski definition) is 6. The lowest BCUT2D eigenvalue weighted by Crippen LogP contribution is -2.30. The lowest BCUT2D eigenvalue weighted by molar-refractivity contribution is -0.167. The normalized spacial score (nSPS) is 12.6. The fraction of sp³-hybridized carbons (Fsp3) is 0.754. The number of allylic oxidation sites excluding steroid dienone is 14. The fourth-order valence-electron chi connectivity index (χ4n) is 9.03. The second kappa shape index (κ2) is 63.1. The van der Waals surface area contributed by atoms with Crippen LogP contribution in [0.25, 0.3) is 0 Å². The largest absolute Gasteiger partial charge is 0.462 e. The van der Waals surface area contributed by atoms with E-state index in [0.29, 0.717) is 19.3 Å². The molecule has 432 valence electrons. The molecule has 0 saturated heterocycles. The SMILES string of the molecule is CC/C=C\C/C=C\C/C=C\C/C=C\CCCCCCCCCCCCCCCCCCCCC(=O)OCC(COC(=O)CCCCCCC/C=C\CCCC)OC(=O)CCCCCCC/C=C\C/C=C\CCCCC. The van der Waals surface area contributed by atoms with E-state index in [-0.39, 0.29) is 31.1 Å². The maximum absolute atomic E-state index is 12.9. The average molecular weight is 1050 g/mol. The van der Waals surface area contributed by atoms with Crippen LogP contribution in [0.1, 0.15) is 316 Å². The van der Waals surface area contributed by atoms with E-state index in [1.54, 1.807) is 0 Å². The highest BCUT2D eigenvalue weighted by Gasteiger charge is 2.19. The third-order valence-electron chi connectivity index (χ3n) is 13.9. The van der Waals surface area contributed by atoms with Crippen LogP contribution in [0.5, 0.6) is 0 Å². The molecular weight excluding hydrogens is 925 g/mol. The monoisotopic (exact) mass is 1040 g/mol. The zero-order valence-corrected chi connectivity index (χ0v) is 49.6. The molecule has 0 aromatic carbocycles. The van der Waals surface area contributed by atoms with Gasteiger partial charge in [-0.05, 0) is 109 Å². The zero-order chi connectivity index (χ0) is 54.3. The highest BCUT2D eigenvalue weighted by molar-refractivity contribution is 5.71. The highest BCUT2D eigenvalue weighted by Crippen LogP contribution is 2.17. The molecule has 0 N–H and O–H groups in total. The number of hydrogen-bond donors (Lipinski definition) is 0. The molecule has 0 spiro atoms. The van der Waals surface area contributed by atoms with Gasteiger partial charge in [-0.25, -0.2) is 0 Å². The number of unbranched alkanes of at least 4 members (excludes halogenated alkanes) is 33. The Bertz CT molecular complexity index is 1430. The van der Waals surface area contributed by atoms with E-state index in [4.69, 9.17) is 14.2 Å². The van der Waals surface area contributed by atoms with Gasteiger partial charge in [0, 0.05) is 19.3 Å². The molecule has 0 amide bonds. The second-order valence-corrected chi connectivity index (χ2v) is 21.3. The van der Waals surface area contributed by atoms with Crippen molar-refractivity contribution in [2.45, 2.75) is 322 Å². The standard InChI is InChI=1S/C69H120O6/c1-4-7-10-13-16-19-22-24-26-27-28-29-30-31-32-33-34-35-36-37-38-39-40-41-43-44-47-50-53-56-59-62-68(71)74-65-66(64-73-67(70)61-58-55-52-49-46-21-18-15-12-9-6-3)75-69(72)63-60-57-54-51-48-45-42-25-23-20-17-14-11-8-5-2/h7,10,15-20,24-26,28-29,42,66H,4-6,8-9,11-14,21-23,27,30-41,43-65H2,1-3H3/b10-7-,18-15-,19-16-,20-17-,26-24-,29-28-,42-25-. The molecule has 0 bridgehead atoms. The topological polar surface area (TPSA) is 78.9 Å². The van der Waals surface area contributed by atoms with Crippen LogP contribution >= 0.6 is 0 Å². The summed E-state index contributed by atoms with van der Waals surface area (Å²) in [6, 6.07) is 0. The van der Waals surface area contributed by atoms with Gasteiger partial charge >= 0.3 is 17.9 Å². The summed E-state index contributed by atoms with van der Waals surface area (Å²) in [4.78, 5) is 38.2. The fourth-order valence-corrected chi connectivity index (χ4v) is 9.03. The minimum Gasteiger partial charge on any atom is -0.462 e. The van der Waals surface area contributed by atoms with Crippen molar-refractivity contribution < 1.29 is 28.6 Å². The Morgan fingerprint density at radius 2 is 0.533 bits per heavy atom. The van der Waals surface area contributed by atoms with Crippen LogP contribution in [0.2, 0.25) is 0 Å². The van der Waals surface area contributed by atoms with Crippen molar-refractivity contribution in [1.82, 2.24) is 0 Å². The van der Waals surface area contributed by atoms with Crippen molar-refractivity contribution in [3.8, 4) is 0 Å². The predicted octanol–water partition coefficient (Wildman–Crippen LogP) is 21.9. The maximum atomic E-state index is 12.9. The van der Waals surface area contributed by atoms with Gasteiger partial charge < -0.3 is 14.2 Å². The number of rotatable bonds is 58. The van der Waals surface area contributed by atoms with E-state index >= 15 is 0 Å². The summed E-state index contributed by atoms with van der Waals surface area (Å²) in [5.41, 5.74) is 0. The summed E-state index contributed by atoms with van der Waals surface area (Å²) in [6.45, 7) is 6.47. The number of carbonyl (C=O) groups is 3. The molecule has 1 unspecified atom stereocenters. The van der Waals surface area contributed by atoms with Crippen LogP contribution in [0, 0.1) is 0 Å². The predicted molar refractivity (Wildman–Crippen MR) is 325 cm³/mol. The van der Waals surface area contributed by atoms with Gasteiger partial charge in [-0.1, -0.05) is 273 Å². The molecule has 75 heavy (non-hydrogen) atoms. The van der Waals surface area contributed by atoms with Gasteiger partial charge in [0.2, 0.25) is 0 Å². The molecule has 0 heterocycles. The molecule has 0 aliphatic carbocycles. The van der Waals surface area contributed by atoms with Gasteiger partial charge in [0.05, 0.1) is 0 Å². The van der Waals surface area contributed by atoms with Crippen LogP contribution in [0.4, 0.5) is 0 Å². The maximum Gasteiger partial charge on any atom is 0.306 e. The summed E-state index contributed by atoms with van der Waals surface area (Å²) >= 11 is 0. The molecule has 0 fully saturated rings. The van der Waals surface area contributed by atoms with Crippen molar-refractivity contribution >= 4 is 17.9 Å². The van der Waals surface area contributed by atoms with Gasteiger partial charge in [0.25, 0.3) is 0 Å². The summed E-state index contributed by atoms with van der Waals surface area (Å²) in [5, 5.41) is 0. The van der Waals surface area contributed by atoms with E-state index in [1.165, 1.54) is 161 Å². The molecule has 0 aliphatic heterocycles. The van der Waals surface area contributed by atoms with Crippen molar-refractivity contribution in [2.75, 3.05) is 13.2 Å². The Morgan fingerprint density at radius 1 is 0.280 bits per heavy atom. The van der Waals surface area contributed by atoms with Gasteiger partial charge in [-0.2, -0.15) is 0 Å². The summed E-state index contributed by atoms with van der Waals surface area (Å²) < 4.78 is 16.9. The molecule has 6 nitrogen and oxygen atoms in total. The summed E-state index contributed by atoms with van der Waals surface area (Å²) in [7, 11) is 0. The first-order valence-electron chi connectivity index (χ1n) is 32.1. The number of carbonyl (C=O) groups excluding carboxylic acids is 3. The quantitative estimate of drug-likeness (QED) is 0.0261. The van der Waals surface area contributed by atoms with E-state index in [9.17, 15) is 14.4 Å². The van der Waals surface area contributed by atoms with Crippen molar-refractivity contribution in [3.63, 3.8) is 0 Å². The average Bonchev–Trinajstić information content (AvgIpc) is 3.41. The smallest absolute Gasteiger partial charge is 0.306 e. The first-order chi connectivity index (χ1) is 37.0. The van der Waals surface area contributed by atoms with Gasteiger partial charge in [-0.15, -0.1) is 0 Å². The van der Waals surface area contributed by atoms with E-state index in [1.807, 2.05) is 0 Å². The molecule has 0 radical (unpaired) electrons. The molecule has 6 heteroatoms. The lowest BCUT2D eigenvalue weighted by Gasteiger charge is -2.18. The molecule has 0 saturated carbocycles. The zero-order valence-electron chi connectivity index (χ0n) is 49.6. The van der Waals surface area contributed by atoms with Crippen LogP contribution in [0.15, 0.2) is 85.1 Å². The van der Waals surface area contributed by atoms with Gasteiger partial charge in [-0.3, -0.25) is 14.4 Å². The van der Waals surface area contributed by atoms with Crippen LogP contribution in [-0.2, 0) is 28.6 Å². The van der Waals surface area contributed by atoms with E-state index in [2.05, 4.69) is 106 Å². The third-order valence-corrected chi connectivity index (χ3v) is 13.9. The minimum atomic E-state index is -0.785. The van der Waals surface area contributed by atoms with E-state index in [0.717, 1.165) is 116 Å². The Balaban J connectivity index is 4.14. The van der Waals surface area contributed by atoms with Crippen molar-refractivity contribution in [3.05, 3.63) is 85.1 Å². The Kier molecular flexibility index (Phi) is 60.3. The summed E-state index contributed by atoms with van der Waals surface area (Å²) in [6.07, 6.45) is 83.2. The van der Waals surface area contributed by atoms with E-state index < -0.39 is 6.10 Å². The first-order valence-corrected chi connectivity index (χ1v) is 32.1. The lowest BCUT2D eigenvalue weighted by atomic mass is 10.0. The second-order valence-electron chi connectivity index (χ2n) is 21.3. The summed E-state index contributed by atoms with van der Waals surface area (Å²) in [5.74, 6) is -0.895. The van der Waals surface area contributed by atoms with Crippen molar-refractivity contribution in [1.29, 1.82) is 0 Å². The van der Waals surface area contributed by atoms with Crippen molar-refractivity contribution in [2.24, 2.45) is 0 Å². The first kappa shape index (κ1) is 71.6. The van der Waals surface area contributed by atoms with Gasteiger partial charge in [0.1, 0.15) is 13.2 Å². The molecule has 0 aromatic heterocycles. The molecule has 0 aliphatic rings. The van der Waals surface area contributed by atoms with Crippen LogP contribution in [0.3, 0.4) is 0 Å². The van der Waals surface area contributed by atoms with Gasteiger partial charge in [0.15, 0.2) is 6.10 Å². The Hall–Kier alpha value is -3.41. The number of esters is 3.